The van der Waals surface area contributed by atoms with E-state index in [0.717, 1.165) is 73.0 Å². The van der Waals surface area contributed by atoms with E-state index in [9.17, 15) is 5.26 Å². The quantitative estimate of drug-likeness (QED) is 0.176. The van der Waals surface area contributed by atoms with Crippen LogP contribution in [0.1, 0.15) is 27.8 Å². The maximum Gasteiger partial charge on any atom is 0.160 e. The average Bonchev–Trinajstić information content (AvgIpc) is 3.58. The van der Waals surface area contributed by atoms with E-state index in [-0.39, 0.29) is 0 Å². The number of aromatic nitrogens is 2. The van der Waals surface area contributed by atoms with Crippen LogP contribution in [0.4, 0.5) is 0 Å². The van der Waals surface area contributed by atoms with Crippen molar-refractivity contribution in [3.63, 3.8) is 0 Å². The normalized spacial score (nSPS) is 12.7. The van der Waals surface area contributed by atoms with Crippen LogP contribution in [0.15, 0.2) is 200 Å². The number of hydrogen-bond donors (Lipinski definition) is 0. The molecular formula is C54H33N3O. The lowest BCUT2D eigenvalue weighted by molar-refractivity contribution is 0.436. The van der Waals surface area contributed by atoms with Crippen molar-refractivity contribution in [1.82, 2.24) is 9.97 Å². The fraction of sp³-hybridized carbons (Fsp3) is 0.0185. The van der Waals surface area contributed by atoms with Crippen molar-refractivity contribution in [3.05, 3.63) is 228 Å². The molecule has 2 aliphatic rings. The summed E-state index contributed by atoms with van der Waals surface area (Å²) in [5, 5.41) is 9.73. The molecule has 0 radical (unpaired) electrons. The molecule has 4 nitrogen and oxygen atoms in total. The van der Waals surface area contributed by atoms with Crippen LogP contribution < -0.4 is 4.74 Å². The minimum atomic E-state index is -0.641. The van der Waals surface area contributed by atoms with E-state index in [4.69, 9.17) is 14.7 Å². The van der Waals surface area contributed by atoms with Crippen molar-refractivity contribution in [2.45, 2.75) is 5.41 Å². The average molecular weight is 740 g/mol. The fourth-order valence-electron chi connectivity index (χ4n) is 8.93. The van der Waals surface area contributed by atoms with Crippen LogP contribution in [-0.4, -0.2) is 9.97 Å². The minimum Gasteiger partial charge on any atom is -0.457 e. The third-order valence-corrected chi connectivity index (χ3v) is 11.6. The highest BCUT2D eigenvalue weighted by Gasteiger charge is 2.51. The van der Waals surface area contributed by atoms with Gasteiger partial charge in [0.2, 0.25) is 0 Å². The van der Waals surface area contributed by atoms with E-state index in [1.165, 1.54) is 22.3 Å². The highest BCUT2D eigenvalue weighted by Crippen LogP contribution is 2.62. The summed E-state index contributed by atoms with van der Waals surface area (Å²) < 4.78 is 6.64. The molecule has 0 fully saturated rings. The van der Waals surface area contributed by atoms with Crippen LogP contribution in [0.5, 0.6) is 11.5 Å². The molecule has 0 N–H and O–H groups in total. The number of hydrogen-bond acceptors (Lipinski definition) is 4. The van der Waals surface area contributed by atoms with Gasteiger partial charge in [0.15, 0.2) is 5.82 Å². The number of nitrogens with zero attached hydrogens (tertiary/aromatic N) is 3. The summed E-state index contributed by atoms with van der Waals surface area (Å²) in [4.78, 5) is 10.1. The number of ether oxygens (including phenoxy) is 1. The SMILES string of the molecule is N#Cc1cccc(-c2ccc3c(c2)C2(c4ccccc4Oc4ccccc42)c2cc(-c4ccc(-c5cc(-c6ccccc6)nc(-c6ccccc6)n5)cc4)ccc2-3)c1. The van der Waals surface area contributed by atoms with Crippen molar-refractivity contribution in [1.29, 1.82) is 5.26 Å². The molecular weight excluding hydrogens is 707 g/mol. The Morgan fingerprint density at radius 1 is 0.379 bits per heavy atom. The van der Waals surface area contributed by atoms with Gasteiger partial charge in [-0.25, -0.2) is 9.97 Å². The van der Waals surface area contributed by atoms with Crippen LogP contribution in [0.2, 0.25) is 0 Å². The summed E-state index contributed by atoms with van der Waals surface area (Å²) in [7, 11) is 0. The zero-order valence-corrected chi connectivity index (χ0v) is 31.3. The molecule has 2 heterocycles. The molecule has 1 aliphatic carbocycles. The Labute approximate surface area is 337 Å². The molecule has 58 heavy (non-hydrogen) atoms. The molecule has 1 aliphatic heterocycles. The monoisotopic (exact) mass is 739 g/mol. The lowest BCUT2D eigenvalue weighted by atomic mass is 9.65. The molecule has 0 saturated carbocycles. The summed E-state index contributed by atoms with van der Waals surface area (Å²) in [5.41, 5.74) is 16.1. The molecule has 0 bridgehead atoms. The van der Waals surface area contributed by atoms with E-state index in [1.54, 1.807) is 0 Å². The summed E-state index contributed by atoms with van der Waals surface area (Å²) in [6, 6.07) is 72.0. The Kier molecular flexibility index (Phi) is 7.74. The molecule has 0 unspecified atom stereocenters. The van der Waals surface area contributed by atoms with E-state index in [2.05, 4.69) is 140 Å². The van der Waals surface area contributed by atoms with Crippen molar-refractivity contribution in [2.75, 3.05) is 0 Å². The summed E-state index contributed by atoms with van der Waals surface area (Å²) in [6.45, 7) is 0. The van der Waals surface area contributed by atoms with Gasteiger partial charge >= 0.3 is 0 Å². The Hall–Kier alpha value is -7.87. The van der Waals surface area contributed by atoms with Crippen molar-refractivity contribution in [3.8, 4) is 84.9 Å². The van der Waals surface area contributed by atoms with E-state index < -0.39 is 5.41 Å². The summed E-state index contributed by atoms with van der Waals surface area (Å²) in [5.74, 6) is 2.39. The lowest BCUT2D eigenvalue weighted by Crippen LogP contribution is -2.32. The molecule has 270 valence electrons. The van der Waals surface area contributed by atoms with Crippen LogP contribution in [0.25, 0.3) is 67.3 Å². The second-order valence-corrected chi connectivity index (χ2v) is 14.8. The second-order valence-electron chi connectivity index (χ2n) is 14.8. The van der Waals surface area contributed by atoms with Gasteiger partial charge in [0.1, 0.15) is 11.5 Å². The maximum absolute atomic E-state index is 9.73. The molecule has 1 spiro atoms. The van der Waals surface area contributed by atoms with Crippen molar-refractivity contribution >= 4 is 0 Å². The molecule has 1 aromatic heterocycles. The molecule has 4 heteroatoms. The Bertz CT molecular complexity index is 2990. The first-order chi connectivity index (χ1) is 28.7. The molecule has 0 atom stereocenters. The van der Waals surface area contributed by atoms with Crippen LogP contribution in [-0.2, 0) is 5.41 Å². The standard InChI is InChI=1S/C54H33N3O/c55-34-35-12-11-17-40(30-35)42-27-29-44-43-28-26-41(31-47(43)54(48(44)32-42)45-18-7-9-20-51(45)58-52-21-10-8-19-46(52)54)36-22-24-38(25-23-36)50-33-49(37-13-3-1-4-14-37)56-53(57-50)39-15-5-2-6-16-39/h1-33H. The summed E-state index contributed by atoms with van der Waals surface area (Å²) >= 11 is 0. The van der Waals surface area contributed by atoms with Gasteiger partial charge in [-0.15, -0.1) is 0 Å². The molecule has 9 aromatic rings. The van der Waals surface area contributed by atoms with Gasteiger partial charge in [0, 0.05) is 27.8 Å². The predicted molar refractivity (Wildman–Crippen MR) is 231 cm³/mol. The van der Waals surface area contributed by atoms with Gasteiger partial charge in [-0.3, -0.25) is 0 Å². The zero-order chi connectivity index (χ0) is 38.6. The molecule has 8 aromatic carbocycles. The number of benzene rings is 8. The van der Waals surface area contributed by atoms with E-state index in [0.29, 0.717) is 11.4 Å². The van der Waals surface area contributed by atoms with E-state index in [1.807, 2.05) is 66.7 Å². The molecule has 11 rings (SSSR count). The van der Waals surface area contributed by atoms with Gasteiger partial charge in [0.25, 0.3) is 0 Å². The first kappa shape index (κ1) is 33.5. The first-order valence-electron chi connectivity index (χ1n) is 19.4. The lowest BCUT2D eigenvalue weighted by Gasteiger charge is -2.39. The van der Waals surface area contributed by atoms with Crippen molar-refractivity contribution < 1.29 is 4.74 Å². The number of fused-ring (bicyclic) bond motifs is 9. The molecule has 0 amide bonds. The van der Waals surface area contributed by atoms with Gasteiger partial charge in [-0.2, -0.15) is 5.26 Å². The smallest absolute Gasteiger partial charge is 0.160 e. The Morgan fingerprint density at radius 2 is 0.845 bits per heavy atom. The van der Waals surface area contributed by atoms with Crippen LogP contribution >= 0.6 is 0 Å². The first-order valence-corrected chi connectivity index (χ1v) is 19.4. The van der Waals surface area contributed by atoms with Crippen molar-refractivity contribution in [2.24, 2.45) is 0 Å². The van der Waals surface area contributed by atoms with Gasteiger partial charge in [-0.1, -0.05) is 158 Å². The van der Waals surface area contributed by atoms with Gasteiger partial charge < -0.3 is 4.74 Å². The maximum atomic E-state index is 9.73. The molecule has 0 saturated heterocycles. The Balaban J connectivity index is 1.07. The third-order valence-electron chi connectivity index (χ3n) is 11.6. The van der Waals surface area contributed by atoms with Gasteiger partial charge in [0.05, 0.1) is 28.4 Å². The van der Waals surface area contributed by atoms with Crippen LogP contribution in [0.3, 0.4) is 0 Å². The Morgan fingerprint density at radius 3 is 1.45 bits per heavy atom. The predicted octanol–water partition coefficient (Wildman–Crippen LogP) is 13.2. The van der Waals surface area contributed by atoms with Gasteiger partial charge in [-0.05, 0) is 87.0 Å². The largest absolute Gasteiger partial charge is 0.457 e. The minimum absolute atomic E-state index is 0.640. The second kappa shape index (κ2) is 13.4. The van der Waals surface area contributed by atoms with Crippen LogP contribution in [0, 0.1) is 11.3 Å². The number of para-hydroxylation sites is 2. The number of rotatable bonds is 5. The topological polar surface area (TPSA) is 58.8 Å². The fourth-order valence-corrected chi connectivity index (χ4v) is 8.93. The third kappa shape index (κ3) is 5.29. The number of nitriles is 1. The zero-order valence-electron chi connectivity index (χ0n) is 31.3. The summed E-state index contributed by atoms with van der Waals surface area (Å²) in [6.07, 6.45) is 0. The highest BCUT2D eigenvalue weighted by molar-refractivity contribution is 5.92. The van der Waals surface area contributed by atoms with E-state index >= 15 is 0 Å². The highest BCUT2D eigenvalue weighted by atomic mass is 16.5.